The number of unbranched alkanes of at least 4 members (excludes halogenated alkanes) is 3. The van der Waals surface area contributed by atoms with Gasteiger partial charge in [-0.1, -0.05) is 33.1 Å². The lowest BCUT2D eigenvalue weighted by Crippen LogP contribution is -2.30. The summed E-state index contributed by atoms with van der Waals surface area (Å²) in [5, 5.41) is 15.3. The minimum Gasteiger partial charge on any atom is -0.389 e. The number of hydrogen-bond donors (Lipinski definition) is 2. The summed E-state index contributed by atoms with van der Waals surface area (Å²) in [5.41, 5.74) is 1.41. The van der Waals surface area contributed by atoms with E-state index in [2.05, 4.69) is 30.6 Å². The molecule has 116 valence electrons. The first-order valence-corrected chi connectivity index (χ1v) is 8.67. The third kappa shape index (κ3) is 7.39. The molecule has 20 heavy (non-hydrogen) atoms. The van der Waals surface area contributed by atoms with Gasteiger partial charge in [-0.15, -0.1) is 11.3 Å². The highest BCUT2D eigenvalue weighted by molar-refractivity contribution is 7.10. The summed E-state index contributed by atoms with van der Waals surface area (Å²) in [4.78, 5) is 1.38. The standard InChI is InChI=1S/C16H29NO2S/c1-3-5-6-7-9-19-13-15(18)11-17-12-16-14(4-2)8-10-20-16/h8,10,15,17-18H,3-7,9,11-13H2,1-2H3. The molecule has 1 heterocycles. The molecule has 0 saturated heterocycles. The van der Waals surface area contributed by atoms with Crippen LogP contribution in [-0.2, 0) is 17.7 Å². The van der Waals surface area contributed by atoms with Crippen molar-refractivity contribution in [2.75, 3.05) is 19.8 Å². The number of aryl methyl sites for hydroxylation is 1. The van der Waals surface area contributed by atoms with E-state index in [0.29, 0.717) is 13.2 Å². The van der Waals surface area contributed by atoms with Gasteiger partial charge < -0.3 is 15.2 Å². The van der Waals surface area contributed by atoms with Crippen molar-refractivity contribution in [2.45, 2.75) is 58.6 Å². The lowest BCUT2D eigenvalue weighted by Gasteiger charge is -2.12. The van der Waals surface area contributed by atoms with Gasteiger partial charge in [0.2, 0.25) is 0 Å². The fourth-order valence-corrected chi connectivity index (χ4v) is 3.04. The molecule has 1 unspecified atom stereocenters. The van der Waals surface area contributed by atoms with Crippen molar-refractivity contribution in [3.63, 3.8) is 0 Å². The van der Waals surface area contributed by atoms with Crippen molar-refractivity contribution in [3.8, 4) is 0 Å². The Bertz CT molecular complexity index is 341. The second-order valence-electron chi connectivity index (χ2n) is 5.14. The molecular formula is C16H29NO2S. The zero-order chi connectivity index (χ0) is 14.6. The molecule has 1 aromatic rings. The Hall–Kier alpha value is -0.420. The van der Waals surface area contributed by atoms with Gasteiger partial charge in [0.15, 0.2) is 0 Å². The van der Waals surface area contributed by atoms with E-state index in [1.165, 1.54) is 29.7 Å². The largest absolute Gasteiger partial charge is 0.389 e. The minimum atomic E-state index is -0.411. The van der Waals surface area contributed by atoms with Crippen molar-refractivity contribution in [3.05, 3.63) is 21.9 Å². The molecule has 4 heteroatoms. The fourth-order valence-electron chi connectivity index (χ4n) is 2.10. The van der Waals surface area contributed by atoms with Crippen LogP contribution < -0.4 is 5.32 Å². The van der Waals surface area contributed by atoms with Crippen molar-refractivity contribution in [1.82, 2.24) is 5.32 Å². The number of aliphatic hydroxyl groups is 1. The maximum Gasteiger partial charge on any atom is 0.0897 e. The van der Waals surface area contributed by atoms with Gasteiger partial charge in [-0.2, -0.15) is 0 Å². The number of rotatable bonds is 12. The summed E-state index contributed by atoms with van der Waals surface area (Å²) in [6.07, 6.45) is 5.50. The van der Waals surface area contributed by atoms with Gasteiger partial charge in [-0.25, -0.2) is 0 Å². The van der Waals surface area contributed by atoms with Crippen LogP contribution in [0.3, 0.4) is 0 Å². The molecule has 0 aromatic carbocycles. The third-order valence-corrected chi connectivity index (χ3v) is 4.30. The number of aliphatic hydroxyl groups excluding tert-OH is 1. The van der Waals surface area contributed by atoms with Gasteiger partial charge in [-0.3, -0.25) is 0 Å². The topological polar surface area (TPSA) is 41.5 Å². The van der Waals surface area contributed by atoms with E-state index < -0.39 is 6.10 Å². The molecule has 1 aromatic heterocycles. The predicted octanol–water partition coefficient (Wildman–Crippen LogP) is 3.36. The summed E-state index contributed by atoms with van der Waals surface area (Å²) in [7, 11) is 0. The second-order valence-corrected chi connectivity index (χ2v) is 6.14. The first-order valence-electron chi connectivity index (χ1n) is 7.79. The zero-order valence-corrected chi connectivity index (χ0v) is 13.7. The van der Waals surface area contributed by atoms with Crippen LogP contribution in [0.5, 0.6) is 0 Å². The van der Waals surface area contributed by atoms with Crippen LogP contribution in [0.2, 0.25) is 0 Å². The maximum atomic E-state index is 9.82. The van der Waals surface area contributed by atoms with Crippen LogP contribution in [0.15, 0.2) is 11.4 Å². The van der Waals surface area contributed by atoms with Crippen LogP contribution in [0.4, 0.5) is 0 Å². The zero-order valence-electron chi connectivity index (χ0n) is 12.9. The molecule has 0 amide bonds. The van der Waals surface area contributed by atoms with Crippen LogP contribution in [0, 0.1) is 0 Å². The molecule has 0 aliphatic carbocycles. The smallest absolute Gasteiger partial charge is 0.0897 e. The van der Waals surface area contributed by atoms with Gasteiger partial charge in [0.25, 0.3) is 0 Å². The Morgan fingerprint density at radius 2 is 2.15 bits per heavy atom. The first kappa shape index (κ1) is 17.6. The average Bonchev–Trinajstić information content (AvgIpc) is 2.90. The number of thiophene rings is 1. The Balaban J connectivity index is 2.01. The first-order chi connectivity index (χ1) is 9.77. The van der Waals surface area contributed by atoms with Gasteiger partial charge in [0.05, 0.1) is 12.7 Å². The summed E-state index contributed by atoms with van der Waals surface area (Å²) in [6, 6.07) is 2.18. The molecule has 0 aliphatic heterocycles. The molecule has 0 aliphatic rings. The fraction of sp³-hybridized carbons (Fsp3) is 0.750. The average molecular weight is 299 g/mol. The lowest BCUT2D eigenvalue weighted by atomic mass is 10.2. The molecule has 1 rings (SSSR count). The van der Waals surface area contributed by atoms with Gasteiger partial charge in [0.1, 0.15) is 0 Å². The summed E-state index contributed by atoms with van der Waals surface area (Å²) < 4.78 is 5.49. The highest BCUT2D eigenvalue weighted by Crippen LogP contribution is 2.16. The van der Waals surface area contributed by atoms with E-state index in [9.17, 15) is 5.11 Å². The van der Waals surface area contributed by atoms with E-state index in [0.717, 1.165) is 26.0 Å². The number of hydrogen-bond acceptors (Lipinski definition) is 4. The maximum absolute atomic E-state index is 9.82. The summed E-state index contributed by atoms with van der Waals surface area (Å²) in [6.45, 7) is 7.01. The Labute approximate surface area is 127 Å². The van der Waals surface area contributed by atoms with E-state index >= 15 is 0 Å². The molecule has 0 radical (unpaired) electrons. The summed E-state index contributed by atoms with van der Waals surface area (Å²) >= 11 is 1.78. The number of nitrogens with one attached hydrogen (secondary N) is 1. The van der Waals surface area contributed by atoms with E-state index in [4.69, 9.17) is 4.74 Å². The predicted molar refractivity (Wildman–Crippen MR) is 86.4 cm³/mol. The normalized spacial score (nSPS) is 12.8. The van der Waals surface area contributed by atoms with Crippen molar-refractivity contribution in [2.24, 2.45) is 0 Å². The number of ether oxygens (including phenoxy) is 1. The Morgan fingerprint density at radius 1 is 1.30 bits per heavy atom. The molecule has 3 nitrogen and oxygen atoms in total. The molecule has 1 atom stereocenters. The van der Waals surface area contributed by atoms with Crippen molar-refractivity contribution < 1.29 is 9.84 Å². The molecule has 0 spiro atoms. The van der Waals surface area contributed by atoms with Crippen molar-refractivity contribution >= 4 is 11.3 Å². The monoisotopic (exact) mass is 299 g/mol. The quantitative estimate of drug-likeness (QED) is 0.582. The molecule has 2 N–H and O–H groups in total. The van der Waals surface area contributed by atoms with Crippen LogP contribution in [-0.4, -0.2) is 31.0 Å². The van der Waals surface area contributed by atoms with Gasteiger partial charge in [0, 0.05) is 24.6 Å². The summed E-state index contributed by atoms with van der Waals surface area (Å²) in [5.74, 6) is 0. The minimum absolute atomic E-state index is 0.411. The molecular weight excluding hydrogens is 270 g/mol. The highest BCUT2D eigenvalue weighted by Gasteiger charge is 2.06. The third-order valence-electron chi connectivity index (χ3n) is 3.34. The van der Waals surface area contributed by atoms with Crippen LogP contribution in [0.1, 0.15) is 50.0 Å². The van der Waals surface area contributed by atoms with E-state index in [1.54, 1.807) is 11.3 Å². The molecule has 0 bridgehead atoms. The van der Waals surface area contributed by atoms with E-state index in [1.807, 2.05) is 0 Å². The van der Waals surface area contributed by atoms with Crippen LogP contribution >= 0.6 is 11.3 Å². The van der Waals surface area contributed by atoms with Crippen LogP contribution in [0.25, 0.3) is 0 Å². The molecule has 0 fully saturated rings. The SMILES string of the molecule is CCCCCCOCC(O)CNCc1sccc1CC. The Kier molecular flexibility index (Phi) is 9.93. The van der Waals surface area contributed by atoms with Crippen molar-refractivity contribution in [1.29, 1.82) is 0 Å². The lowest BCUT2D eigenvalue weighted by molar-refractivity contribution is 0.0353. The van der Waals surface area contributed by atoms with Gasteiger partial charge in [-0.05, 0) is 29.9 Å². The second kappa shape index (κ2) is 11.3. The van der Waals surface area contributed by atoms with E-state index in [-0.39, 0.29) is 0 Å². The van der Waals surface area contributed by atoms with Gasteiger partial charge >= 0.3 is 0 Å². The highest BCUT2D eigenvalue weighted by atomic mass is 32.1. The molecule has 0 saturated carbocycles. The Morgan fingerprint density at radius 3 is 2.90 bits per heavy atom.